The molecule has 4 nitrogen and oxygen atoms in total. The van der Waals surface area contributed by atoms with Gasteiger partial charge in [-0.3, -0.25) is 0 Å². The number of aryl methyl sites for hydroxylation is 1. The van der Waals surface area contributed by atoms with Gasteiger partial charge in [-0.05, 0) is 43.9 Å². The summed E-state index contributed by atoms with van der Waals surface area (Å²) in [7, 11) is 1.80. The lowest BCUT2D eigenvalue weighted by Crippen LogP contribution is -2.37. The second kappa shape index (κ2) is 6.16. The van der Waals surface area contributed by atoms with E-state index in [0.29, 0.717) is 12.6 Å². The Kier molecular flexibility index (Phi) is 4.55. The molecule has 1 aromatic rings. The molecule has 4 heteroatoms. The summed E-state index contributed by atoms with van der Waals surface area (Å²) >= 11 is 0. The van der Waals surface area contributed by atoms with Crippen molar-refractivity contribution in [1.29, 1.82) is 0 Å². The van der Waals surface area contributed by atoms with Crippen LogP contribution in [0.3, 0.4) is 0 Å². The van der Waals surface area contributed by atoms with Crippen molar-refractivity contribution in [1.82, 2.24) is 4.98 Å². The minimum Gasteiger partial charge on any atom is -0.381 e. The third-order valence-corrected chi connectivity index (χ3v) is 3.62. The summed E-state index contributed by atoms with van der Waals surface area (Å²) in [4.78, 5) is 6.96. The number of aromatic nitrogens is 1. The Morgan fingerprint density at radius 2 is 2.17 bits per heavy atom. The average Bonchev–Trinajstić information content (AvgIpc) is 2.40. The lowest BCUT2D eigenvalue weighted by molar-refractivity contribution is 0.0818. The van der Waals surface area contributed by atoms with Crippen LogP contribution in [-0.2, 0) is 11.2 Å². The molecule has 1 fully saturated rings. The first-order valence-electron chi connectivity index (χ1n) is 6.68. The van der Waals surface area contributed by atoms with Gasteiger partial charge < -0.3 is 15.4 Å². The van der Waals surface area contributed by atoms with Crippen molar-refractivity contribution in [2.75, 3.05) is 31.6 Å². The maximum atomic E-state index is 5.57. The summed E-state index contributed by atoms with van der Waals surface area (Å²) in [5, 5.41) is 0. The molecule has 1 aliphatic heterocycles. The Bertz CT molecular complexity index is 387. The summed E-state index contributed by atoms with van der Waals surface area (Å²) in [5.74, 6) is 1.12. The predicted octanol–water partition coefficient (Wildman–Crippen LogP) is 1.51. The fourth-order valence-electron chi connectivity index (χ4n) is 2.56. The third kappa shape index (κ3) is 3.00. The molecule has 2 N–H and O–H groups in total. The molecule has 0 radical (unpaired) electrons. The van der Waals surface area contributed by atoms with Gasteiger partial charge in [-0.15, -0.1) is 0 Å². The van der Waals surface area contributed by atoms with Gasteiger partial charge in [0.2, 0.25) is 0 Å². The molecule has 0 aliphatic carbocycles. The smallest absolute Gasteiger partial charge is 0.131 e. The largest absolute Gasteiger partial charge is 0.381 e. The number of ether oxygens (including phenoxy) is 1. The van der Waals surface area contributed by atoms with Crippen LogP contribution in [0, 0.1) is 6.92 Å². The number of hydrogen-bond donors (Lipinski definition) is 1. The number of methoxy groups -OCH3 is 1. The van der Waals surface area contributed by atoms with E-state index in [-0.39, 0.29) is 0 Å². The molecule has 1 aromatic heterocycles. The van der Waals surface area contributed by atoms with Crippen molar-refractivity contribution in [3.8, 4) is 0 Å². The summed E-state index contributed by atoms with van der Waals surface area (Å²) in [6.45, 7) is 4.87. The van der Waals surface area contributed by atoms with Crippen molar-refractivity contribution in [3.05, 3.63) is 23.4 Å². The highest BCUT2D eigenvalue weighted by Gasteiger charge is 2.20. The Morgan fingerprint density at radius 1 is 1.44 bits per heavy atom. The first-order chi connectivity index (χ1) is 8.74. The number of nitrogens with two attached hydrogens (primary N) is 1. The fraction of sp³-hybridized carbons (Fsp3) is 0.643. The van der Waals surface area contributed by atoms with Crippen molar-refractivity contribution in [2.45, 2.75) is 32.3 Å². The van der Waals surface area contributed by atoms with Crippen LogP contribution in [0.4, 0.5) is 5.82 Å². The number of piperidine rings is 1. The van der Waals surface area contributed by atoms with E-state index >= 15 is 0 Å². The Labute approximate surface area is 109 Å². The van der Waals surface area contributed by atoms with Gasteiger partial charge in [0.25, 0.3) is 0 Å². The van der Waals surface area contributed by atoms with Gasteiger partial charge in [0.1, 0.15) is 5.82 Å². The van der Waals surface area contributed by atoms with E-state index < -0.39 is 0 Å². The van der Waals surface area contributed by atoms with E-state index in [1.165, 1.54) is 11.1 Å². The molecule has 1 aliphatic rings. The highest BCUT2D eigenvalue weighted by molar-refractivity contribution is 5.47. The van der Waals surface area contributed by atoms with Gasteiger partial charge in [0.05, 0.1) is 6.10 Å². The quantitative estimate of drug-likeness (QED) is 0.878. The number of nitrogens with zero attached hydrogens (tertiary/aromatic N) is 2. The number of pyridine rings is 1. The molecule has 0 amide bonds. The summed E-state index contributed by atoms with van der Waals surface area (Å²) in [6, 6.07) is 2.21. The third-order valence-electron chi connectivity index (χ3n) is 3.62. The predicted molar refractivity (Wildman–Crippen MR) is 74.0 cm³/mol. The van der Waals surface area contributed by atoms with E-state index in [1.807, 2.05) is 6.20 Å². The van der Waals surface area contributed by atoms with Crippen molar-refractivity contribution < 1.29 is 4.74 Å². The van der Waals surface area contributed by atoms with Crippen LogP contribution in [0.2, 0.25) is 0 Å². The summed E-state index contributed by atoms with van der Waals surface area (Å²) in [5.41, 5.74) is 8.04. The molecule has 100 valence electrons. The molecule has 0 spiro atoms. The van der Waals surface area contributed by atoms with E-state index in [4.69, 9.17) is 10.5 Å². The molecular formula is C14H23N3O. The molecule has 0 saturated carbocycles. The average molecular weight is 249 g/mol. The molecule has 18 heavy (non-hydrogen) atoms. The SMILES string of the molecule is COC1CCN(c2ncc(CCN)cc2C)CC1. The van der Waals surface area contributed by atoms with Crippen LogP contribution in [-0.4, -0.2) is 37.8 Å². The first kappa shape index (κ1) is 13.3. The number of rotatable bonds is 4. The van der Waals surface area contributed by atoms with Gasteiger partial charge in [-0.25, -0.2) is 4.98 Å². The topological polar surface area (TPSA) is 51.4 Å². The molecule has 2 rings (SSSR count). The van der Waals surface area contributed by atoms with Gasteiger partial charge in [-0.1, -0.05) is 6.07 Å². The fourth-order valence-corrected chi connectivity index (χ4v) is 2.56. The second-order valence-electron chi connectivity index (χ2n) is 4.94. The van der Waals surface area contributed by atoms with Gasteiger partial charge in [0, 0.05) is 26.4 Å². The highest BCUT2D eigenvalue weighted by atomic mass is 16.5. The molecule has 2 heterocycles. The Balaban J connectivity index is 2.05. The van der Waals surface area contributed by atoms with Crippen LogP contribution in [0.5, 0.6) is 0 Å². The normalized spacial score (nSPS) is 17.2. The van der Waals surface area contributed by atoms with Crippen molar-refractivity contribution in [2.24, 2.45) is 5.73 Å². The zero-order valence-electron chi connectivity index (χ0n) is 11.4. The minimum atomic E-state index is 0.415. The molecule has 0 unspecified atom stereocenters. The summed E-state index contributed by atoms with van der Waals surface area (Å²) in [6.07, 6.45) is 5.44. The molecule has 0 aromatic carbocycles. The molecule has 0 bridgehead atoms. The van der Waals surface area contributed by atoms with Crippen LogP contribution >= 0.6 is 0 Å². The van der Waals surface area contributed by atoms with Gasteiger partial charge in [0.15, 0.2) is 0 Å². The number of hydrogen-bond acceptors (Lipinski definition) is 4. The minimum absolute atomic E-state index is 0.415. The van der Waals surface area contributed by atoms with Crippen molar-refractivity contribution >= 4 is 5.82 Å². The Hall–Kier alpha value is -1.13. The second-order valence-corrected chi connectivity index (χ2v) is 4.94. The Morgan fingerprint density at radius 3 is 2.72 bits per heavy atom. The maximum absolute atomic E-state index is 5.57. The molecular weight excluding hydrogens is 226 g/mol. The monoisotopic (exact) mass is 249 g/mol. The standard InChI is InChI=1S/C14H23N3O/c1-11-9-12(3-6-15)10-16-14(11)17-7-4-13(18-2)5-8-17/h9-10,13H,3-8,15H2,1-2H3. The van der Waals surface area contributed by atoms with Gasteiger partial charge in [-0.2, -0.15) is 0 Å². The van der Waals surface area contributed by atoms with E-state index in [1.54, 1.807) is 7.11 Å². The van der Waals surface area contributed by atoms with Crippen LogP contribution in [0.25, 0.3) is 0 Å². The molecule has 0 atom stereocenters. The van der Waals surface area contributed by atoms with Crippen molar-refractivity contribution in [3.63, 3.8) is 0 Å². The summed E-state index contributed by atoms with van der Waals surface area (Å²) < 4.78 is 5.40. The zero-order valence-corrected chi connectivity index (χ0v) is 11.4. The van der Waals surface area contributed by atoms with Crippen LogP contribution in [0.15, 0.2) is 12.3 Å². The lowest BCUT2D eigenvalue weighted by Gasteiger charge is -2.33. The van der Waals surface area contributed by atoms with E-state index in [9.17, 15) is 0 Å². The van der Waals surface area contributed by atoms with Crippen LogP contribution < -0.4 is 10.6 Å². The van der Waals surface area contributed by atoms with Gasteiger partial charge >= 0.3 is 0 Å². The zero-order chi connectivity index (χ0) is 13.0. The lowest BCUT2D eigenvalue weighted by atomic mass is 10.1. The van der Waals surface area contributed by atoms with E-state index in [0.717, 1.165) is 38.2 Å². The maximum Gasteiger partial charge on any atom is 0.131 e. The van der Waals surface area contributed by atoms with E-state index in [2.05, 4.69) is 22.9 Å². The first-order valence-corrected chi connectivity index (χ1v) is 6.68. The van der Waals surface area contributed by atoms with Crippen LogP contribution in [0.1, 0.15) is 24.0 Å². The number of anilines is 1. The molecule has 1 saturated heterocycles. The highest BCUT2D eigenvalue weighted by Crippen LogP contribution is 2.23.